The van der Waals surface area contributed by atoms with E-state index in [1.54, 1.807) is 0 Å². The van der Waals surface area contributed by atoms with Gasteiger partial charge in [-0.25, -0.2) is 0 Å². The van der Waals surface area contributed by atoms with Gasteiger partial charge in [0.15, 0.2) is 18.4 Å². The fourth-order valence-corrected chi connectivity index (χ4v) is 12.3. The number of ether oxygens (including phenoxy) is 6. The summed E-state index contributed by atoms with van der Waals surface area (Å²) in [5.74, 6) is 2.97. The number of allylic oxidation sites excluding steroid dienone is 1. The zero-order chi connectivity index (χ0) is 35.3. The van der Waals surface area contributed by atoms with Gasteiger partial charge in [0.1, 0.15) is 42.7 Å². The molecule has 4 aliphatic heterocycles. The first-order valence-electron chi connectivity index (χ1n) is 19.4. The van der Waals surface area contributed by atoms with Gasteiger partial charge in [-0.05, 0) is 91.8 Å². The summed E-state index contributed by atoms with van der Waals surface area (Å²) in [6, 6.07) is 0. The van der Waals surface area contributed by atoms with Gasteiger partial charge in [0.05, 0.1) is 32.0 Å². The van der Waals surface area contributed by atoms with Crippen molar-refractivity contribution in [2.45, 2.75) is 159 Å². The van der Waals surface area contributed by atoms with E-state index < -0.39 is 67.7 Å². The maximum Gasteiger partial charge on any atom is 0.186 e. The lowest BCUT2D eigenvalue weighted by atomic mass is 9.47. The Morgan fingerprint density at radius 1 is 0.860 bits per heavy atom. The highest BCUT2D eigenvalue weighted by atomic mass is 16.7. The highest BCUT2D eigenvalue weighted by Crippen LogP contribution is 2.70. The second kappa shape index (κ2) is 13.2. The van der Waals surface area contributed by atoms with Crippen LogP contribution in [0, 0.1) is 46.3 Å². The summed E-state index contributed by atoms with van der Waals surface area (Å²) in [6.07, 6.45) is -0.640. The summed E-state index contributed by atoms with van der Waals surface area (Å²) in [4.78, 5) is 0. The van der Waals surface area contributed by atoms with Crippen molar-refractivity contribution in [1.29, 1.82) is 0 Å². The van der Waals surface area contributed by atoms with Gasteiger partial charge in [0.25, 0.3) is 0 Å². The van der Waals surface area contributed by atoms with Crippen LogP contribution in [0.15, 0.2) is 11.6 Å². The predicted molar refractivity (Wildman–Crippen MR) is 177 cm³/mol. The molecule has 12 heteroatoms. The van der Waals surface area contributed by atoms with Gasteiger partial charge in [-0.2, -0.15) is 0 Å². The minimum absolute atomic E-state index is 0.0689. The minimum atomic E-state index is -1.60. The van der Waals surface area contributed by atoms with E-state index in [-0.39, 0.29) is 29.6 Å². The topological polar surface area (TPSA) is 177 Å². The van der Waals surface area contributed by atoms with Crippen LogP contribution < -0.4 is 0 Å². The van der Waals surface area contributed by atoms with Crippen molar-refractivity contribution >= 4 is 0 Å². The molecule has 0 unspecified atom stereocenters. The normalized spacial score (nSPS) is 57.8. The van der Waals surface area contributed by atoms with Crippen LogP contribution in [-0.2, 0) is 28.4 Å². The maximum absolute atomic E-state index is 11.3. The Kier molecular flexibility index (Phi) is 9.59. The average Bonchev–Trinajstić information content (AvgIpc) is 3.54. The number of hydrogen-bond donors (Lipinski definition) is 6. The Balaban J connectivity index is 0.938. The first kappa shape index (κ1) is 36.2. The molecule has 0 bridgehead atoms. The molecule has 1 spiro atoms. The molecule has 0 aromatic rings. The van der Waals surface area contributed by atoms with Crippen LogP contribution >= 0.6 is 0 Å². The quantitative estimate of drug-likeness (QED) is 0.230. The van der Waals surface area contributed by atoms with E-state index in [0.29, 0.717) is 41.9 Å². The fraction of sp³-hybridized carbons (Fsp3) is 0.947. The summed E-state index contributed by atoms with van der Waals surface area (Å²) < 4.78 is 36.9. The Labute approximate surface area is 295 Å². The van der Waals surface area contributed by atoms with Crippen molar-refractivity contribution in [2.24, 2.45) is 46.3 Å². The summed E-state index contributed by atoms with van der Waals surface area (Å²) in [6.45, 7) is 9.65. The van der Waals surface area contributed by atoms with Crippen LogP contribution in [-0.4, -0.2) is 124 Å². The molecule has 284 valence electrons. The molecule has 0 radical (unpaired) electrons. The molecule has 4 saturated heterocycles. The monoisotopic (exact) mass is 708 g/mol. The fourth-order valence-electron chi connectivity index (χ4n) is 12.3. The Hall–Kier alpha value is -0.740. The van der Waals surface area contributed by atoms with Gasteiger partial charge >= 0.3 is 0 Å². The molecular weight excluding hydrogens is 648 g/mol. The van der Waals surface area contributed by atoms with E-state index in [4.69, 9.17) is 28.4 Å². The van der Waals surface area contributed by atoms with E-state index in [2.05, 4.69) is 33.8 Å². The standard InChI is InChI=1S/C38H60O12/c1-18-7-12-38(46-16-18)19(2)28-26(50-38)14-24-22-6-5-20-13-21(8-10-36(20,3)23(22)9-11-37(24,28)4)47-35-32(44)33(30(42)27(15-39)48-35)49-34-31(43)29(41)25(40)17-45-34/h5,18-19,21-35,39-44H,6-17H2,1-4H3/t18-,19-,21-,22+,23-,24-,25+,26-,27+,28-,29-,30+,31+,32+,33-,34-,35+,36-,37-,38-/m0/s1. The van der Waals surface area contributed by atoms with Crippen LogP contribution in [0.2, 0.25) is 0 Å². The third-order valence-corrected chi connectivity index (χ3v) is 15.2. The number of hydrogen-bond acceptors (Lipinski definition) is 12. The van der Waals surface area contributed by atoms with Gasteiger partial charge in [-0.3, -0.25) is 0 Å². The second-order valence-corrected chi connectivity index (χ2v) is 17.8. The number of aliphatic hydroxyl groups is 6. The van der Waals surface area contributed by atoms with Crippen LogP contribution in [0.25, 0.3) is 0 Å². The molecule has 8 aliphatic rings. The zero-order valence-electron chi connectivity index (χ0n) is 30.0. The predicted octanol–water partition coefficient (Wildman–Crippen LogP) is 2.00. The van der Waals surface area contributed by atoms with Crippen LogP contribution in [0.5, 0.6) is 0 Å². The van der Waals surface area contributed by atoms with E-state index >= 15 is 0 Å². The minimum Gasteiger partial charge on any atom is -0.394 e. The average molecular weight is 709 g/mol. The van der Waals surface area contributed by atoms with Crippen LogP contribution in [0.4, 0.5) is 0 Å². The van der Waals surface area contributed by atoms with Crippen molar-refractivity contribution in [2.75, 3.05) is 19.8 Å². The summed E-state index contributed by atoms with van der Waals surface area (Å²) in [7, 11) is 0. The van der Waals surface area contributed by atoms with E-state index in [1.165, 1.54) is 24.8 Å². The van der Waals surface area contributed by atoms with E-state index in [0.717, 1.165) is 38.7 Å². The number of aliphatic hydroxyl groups excluding tert-OH is 6. The molecule has 4 aliphatic carbocycles. The second-order valence-electron chi connectivity index (χ2n) is 17.8. The smallest absolute Gasteiger partial charge is 0.186 e. The van der Waals surface area contributed by atoms with Crippen molar-refractivity contribution < 1.29 is 59.1 Å². The Bertz CT molecular complexity index is 1270. The van der Waals surface area contributed by atoms with Crippen molar-refractivity contribution in [3.05, 3.63) is 11.6 Å². The lowest BCUT2D eigenvalue weighted by Crippen LogP contribution is -2.63. The Morgan fingerprint density at radius 3 is 2.40 bits per heavy atom. The lowest BCUT2D eigenvalue weighted by molar-refractivity contribution is -0.354. The van der Waals surface area contributed by atoms with Gasteiger partial charge in [0, 0.05) is 12.3 Å². The molecular formula is C38H60O12. The molecule has 20 atom stereocenters. The molecule has 6 N–H and O–H groups in total. The molecule has 8 rings (SSSR count). The molecule has 50 heavy (non-hydrogen) atoms. The third-order valence-electron chi connectivity index (χ3n) is 15.2. The first-order valence-corrected chi connectivity index (χ1v) is 19.4. The Morgan fingerprint density at radius 2 is 1.66 bits per heavy atom. The molecule has 0 aromatic carbocycles. The molecule has 0 amide bonds. The maximum atomic E-state index is 11.3. The molecule has 3 saturated carbocycles. The third kappa shape index (κ3) is 5.61. The lowest BCUT2D eigenvalue weighted by Gasteiger charge is -2.58. The van der Waals surface area contributed by atoms with Gasteiger partial charge < -0.3 is 59.1 Å². The van der Waals surface area contributed by atoms with Crippen molar-refractivity contribution in [1.82, 2.24) is 0 Å². The molecule has 0 aromatic heterocycles. The highest BCUT2D eigenvalue weighted by molar-refractivity contribution is 5.26. The van der Waals surface area contributed by atoms with Crippen molar-refractivity contribution in [3.8, 4) is 0 Å². The van der Waals surface area contributed by atoms with Crippen LogP contribution in [0.3, 0.4) is 0 Å². The zero-order valence-corrected chi connectivity index (χ0v) is 30.0. The number of rotatable bonds is 5. The molecule has 4 heterocycles. The largest absolute Gasteiger partial charge is 0.394 e. The molecule has 12 nitrogen and oxygen atoms in total. The van der Waals surface area contributed by atoms with E-state index in [1.807, 2.05) is 0 Å². The van der Waals surface area contributed by atoms with Gasteiger partial charge in [-0.1, -0.05) is 39.3 Å². The van der Waals surface area contributed by atoms with Crippen molar-refractivity contribution in [3.63, 3.8) is 0 Å². The SMILES string of the molecule is C[C@H]1CC[C@]2(OC1)O[C@H]1C[C@H]3[C@@H]4CC=C5C[C@@H](O[C@@H]6O[C@H](CO)[C@@H](O)[C@H](O[C@@H]7OC[C@@H](O)[C@H](O)[C@H]7O)[C@H]6O)CC[C@]5(C)[C@H]4CC[C@]3(C)[C@H]1[C@@H]2C. The van der Waals surface area contributed by atoms with Gasteiger partial charge in [0.2, 0.25) is 0 Å². The van der Waals surface area contributed by atoms with Gasteiger partial charge in [-0.15, -0.1) is 0 Å². The van der Waals surface area contributed by atoms with Crippen LogP contribution in [0.1, 0.15) is 85.5 Å². The summed E-state index contributed by atoms with van der Waals surface area (Å²) >= 11 is 0. The summed E-state index contributed by atoms with van der Waals surface area (Å²) in [5.41, 5.74) is 1.73. The highest BCUT2D eigenvalue weighted by Gasteiger charge is 2.68. The summed E-state index contributed by atoms with van der Waals surface area (Å²) in [5, 5.41) is 62.5. The number of fused-ring (bicyclic) bond motifs is 7. The van der Waals surface area contributed by atoms with E-state index in [9.17, 15) is 30.6 Å². The molecule has 7 fully saturated rings. The first-order chi connectivity index (χ1) is 23.8.